The van der Waals surface area contributed by atoms with Gasteiger partial charge in [-0.15, -0.1) is 0 Å². The predicted octanol–water partition coefficient (Wildman–Crippen LogP) is 5.13. The molecule has 1 fully saturated rings. The van der Waals surface area contributed by atoms with E-state index in [9.17, 15) is 14.4 Å². The van der Waals surface area contributed by atoms with Crippen LogP contribution in [0.2, 0.25) is 0 Å². The molecule has 2 heterocycles. The Morgan fingerprint density at radius 1 is 1.14 bits per heavy atom. The molecular formula is C33H46N2O8. The van der Waals surface area contributed by atoms with E-state index in [1.807, 2.05) is 13.0 Å². The Morgan fingerprint density at radius 2 is 1.91 bits per heavy atom. The SMILES string of the molecule is CCOCC(=O)OCOc1c(OC)ccnc1C(=O)NC1CCCC(Cc2ccccc2)C(CCC(C)C)C(C)OC1=O. The fraction of sp³-hybridized carbons (Fsp3) is 0.576. The van der Waals surface area contributed by atoms with Crippen molar-refractivity contribution in [3.8, 4) is 11.5 Å². The molecule has 4 atom stereocenters. The Bertz CT molecular complexity index is 1170. The number of nitrogens with one attached hydrogen (secondary N) is 1. The van der Waals surface area contributed by atoms with Crippen molar-refractivity contribution in [3.63, 3.8) is 0 Å². The molecule has 1 aromatic carbocycles. The second-order valence-corrected chi connectivity index (χ2v) is 11.3. The van der Waals surface area contributed by atoms with Gasteiger partial charge in [0.1, 0.15) is 18.8 Å². The minimum absolute atomic E-state index is 0.00631. The lowest BCUT2D eigenvalue weighted by atomic mass is 9.77. The summed E-state index contributed by atoms with van der Waals surface area (Å²) in [6.45, 7) is 7.82. The first-order valence-corrected chi connectivity index (χ1v) is 15.2. The van der Waals surface area contributed by atoms with Gasteiger partial charge in [0.15, 0.2) is 17.2 Å². The Hall–Kier alpha value is -3.66. The first-order valence-electron chi connectivity index (χ1n) is 15.2. The van der Waals surface area contributed by atoms with Crippen LogP contribution in [0.3, 0.4) is 0 Å². The maximum absolute atomic E-state index is 13.5. The largest absolute Gasteiger partial charge is 0.493 e. The van der Waals surface area contributed by atoms with E-state index < -0.39 is 30.7 Å². The molecule has 1 aliphatic heterocycles. The molecule has 1 aromatic heterocycles. The summed E-state index contributed by atoms with van der Waals surface area (Å²) < 4.78 is 27.0. The van der Waals surface area contributed by atoms with Gasteiger partial charge in [0.2, 0.25) is 6.79 Å². The standard InChI is InChI=1S/C33H46N2O8/c1-6-40-20-29(36)41-21-42-31-28(39-5)17-18-34-30(31)32(37)35-27-14-10-13-25(19-24-11-8-7-9-12-24)26(16-15-22(2)3)23(4)43-33(27)38/h7-9,11-12,17-18,22-23,25-27H,6,10,13-16,19-21H2,1-5H3,(H,35,37). The van der Waals surface area contributed by atoms with E-state index in [-0.39, 0.29) is 35.8 Å². The highest BCUT2D eigenvalue weighted by Gasteiger charge is 2.35. The molecule has 0 aliphatic carbocycles. The van der Waals surface area contributed by atoms with Gasteiger partial charge in [0.25, 0.3) is 5.91 Å². The molecule has 0 saturated carbocycles. The number of methoxy groups -OCH3 is 1. The molecule has 0 spiro atoms. The van der Waals surface area contributed by atoms with Crippen molar-refractivity contribution in [2.75, 3.05) is 27.1 Å². The molecule has 2 aromatic rings. The monoisotopic (exact) mass is 598 g/mol. The third-order valence-electron chi connectivity index (χ3n) is 7.74. The Balaban J connectivity index is 1.75. The van der Waals surface area contributed by atoms with E-state index in [2.05, 4.69) is 48.4 Å². The number of amides is 1. The zero-order chi connectivity index (χ0) is 31.2. The molecule has 1 aliphatic rings. The molecule has 1 amide bonds. The molecule has 10 heteroatoms. The van der Waals surface area contributed by atoms with Crippen LogP contribution in [0.15, 0.2) is 42.6 Å². The smallest absolute Gasteiger partial charge is 0.334 e. The van der Waals surface area contributed by atoms with E-state index in [4.69, 9.17) is 23.7 Å². The van der Waals surface area contributed by atoms with Gasteiger partial charge in [0.05, 0.1) is 7.11 Å². The van der Waals surface area contributed by atoms with Crippen molar-refractivity contribution >= 4 is 17.8 Å². The highest BCUT2D eigenvalue weighted by Crippen LogP contribution is 2.34. The normalized spacial score (nSPS) is 20.7. The number of pyridine rings is 1. The van der Waals surface area contributed by atoms with E-state index in [1.54, 1.807) is 6.92 Å². The summed E-state index contributed by atoms with van der Waals surface area (Å²) >= 11 is 0. The third kappa shape index (κ3) is 10.5. The van der Waals surface area contributed by atoms with Crippen molar-refractivity contribution in [3.05, 3.63) is 53.9 Å². The molecule has 3 rings (SSSR count). The number of carbonyl (C=O) groups excluding carboxylic acids is 3. The molecule has 1 N–H and O–H groups in total. The fourth-order valence-electron chi connectivity index (χ4n) is 5.45. The molecule has 1 saturated heterocycles. The minimum atomic E-state index is -0.860. The number of rotatable bonds is 14. The summed E-state index contributed by atoms with van der Waals surface area (Å²) in [7, 11) is 1.42. The maximum atomic E-state index is 13.5. The van der Waals surface area contributed by atoms with Crippen molar-refractivity contribution in [1.82, 2.24) is 10.3 Å². The van der Waals surface area contributed by atoms with E-state index in [0.29, 0.717) is 24.9 Å². The summed E-state index contributed by atoms with van der Waals surface area (Å²) in [5.74, 6) is -0.408. The van der Waals surface area contributed by atoms with Crippen LogP contribution < -0.4 is 14.8 Å². The number of hydrogen-bond acceptors (Lipinski definition) is 9. The average Bonchev–Trinajstić information content (AvgIpc) is 3.03. The highest BCUT2D eigenvalue weighted by atomic mass is 16.7. The summed E-state index contributed by atoms with van der Waals surface area (Å²) in [6, 6.07) is 11.1. The highest BCUT2D eigenvalue weighted by molar-refractivity contribution is 5.98. The Labute approximate surface area is 254 Å². The number of cyclic esters (lactones) is 1. The number of ether oxygens (including phenoxy) is 5. The number of aromatic nitrogens is 1. The fourth-order valence-corrected chi connectivity index (χ4v) is 5.45. The van der Waals surface area contributed by atoms with Gasteiger partial charge >= 0.3 is 11.9 Å². The van der Waals surface area contributed by atoms with Crippen LogP contribution in [0.5, 0.6) is 11.5 Å². The van der Waals surface area contributed by atoms with E-state index in [0.717, 1.165) is 32.1 Å². The lowest BCUT2D eigenvalue weighted by Gasteiger charge is -2.32. The zero-order valence-electron chi connectivity index (χ0n) is 26.0. The van der Waals surface area contributed by atoms with E-state index in [1.165, 1.54) is 24.9 Å². The maximum Gasteiger partial charge on any atom is 0.334 e. The van der Waals surface area contributed by atoms with Gasteiger partial charge in [-0.25, -0.2) is 14.6 Å². The van der Waals surface area contributed by atoms with Gasteiger partial charge in [-0.3, -0.25) is 4.79 Å². The van der Waals surface area contributed by atoms with Crippen molar-refractivity contribution in [2.45, 2.75) is 78.4 Å². The molecule has 4 unspecified atom stereocenters. The van der Waals surface area contributed by atoms with Crippen molar-refractivity contribution in [2.24, 2.45) is 17.8 Å². The number of hydrogen-bond donors (Lipinski definition) is 1. The summed E-state index contributed by atoms with van der Waals surface area (Å²) in [5.41, 5.74) is 1.17. The quantitative estimate of drug-likeness (QED) is 0.233. The molecule has 236 valence electrons. The summed E-state index contributed by atoms with van der Waals surface area (Å²) in [5, 5.41) is 2.81. The number of esters is 2. The molecule has 10 nitrogen and oxygen atoms in total. The second-order valence-electron chi connectivity index (χ2n) is 11.3. The van der Waals surface area contributed by atoms with Gasteiger partial charge in [-0.1, -0.05) is 57.0 Å². The van der Waals surface area contributed by atoms with E-state index >= 15 is 0 Å². The average molecular weight is 599 g/mol. The number of benzene rings is 1. The van der Waals surface area contributed by atoms with Crippen LogP contribution in [0.1, 0.15) is 75.9 Å². The molecule has 0 radical (unpaired) electrons. The topological polar surface area (TPSA) is 122 Å². The Kier molecular flexibility index (Phi) is 13.7. The Morgan fingerprint density at radius 3 is 2.60 bits per heavy atom. The van der Waals surface area contributed by atoms with Crippen LogP contribution in [-0.2, 0) is 30.2 Å². The van der Waals surface area contributed by atoms with Crippen LogP contribution >= 0.6 is 0 Å². The first-order chi connectivity index (χ1) is 20.7. The van der Waals surface area contributed by atoms with Crippen LogP contribution in [0, 0.1) is 17.8 Å². The lowest BCUT2D eigenvalue weighted by molar-refractivity contribution is -0.156. The minimum Gasteiger partial charge on any atom is -0.493 e. The number of carbonyl (C=O) groups is 3. The second kappa shape index (κ2) is 17.5. The lowest BCUT2D eigenvalue weighted by Crippen LogP contribution is -2.43. The summed E-state index contributed by atoms with van der Waals surface area (Å²) in [4.78, 5) is 42.8. The predicted molar refractivity (Wildman–Crippen MR) is 161 cm³/mol. The van der Waals surface area contributed by atoms with Crippen LogP contribution in [0.4, 0.5) is 0 Å². The molecule has 43 heavy (non-hydrogen) atoms. The van der Waals surface area contributed by atoms with Gasteiger partial charge < -0.3 is 29.0 Å². The van der Waals surface area contributed by atoms with Crippen molar-refractivity contribution < 1.29 is 38.1 Å². The third-order valence-corrected chi connectivity index (χ3v) is 7.74. The zero-order valence-corrected chi connectivity index (χ0v) is 26.0. The molecule has 0 bridgehead atoms. The van der Waals surface area contributed by atoms with Gasteiger partial charge in [-0.05, 0) is 62.8 Å². The van der Waals surface area contributed by atoms with Crippen LogP contribution in [0.25, 0.3) is 0 Å². The number of nitrogens with zero attached hydrogens (tertiary/aromatic N) is 1. The first kappa shape index (κ1) is 33.8. The van der Waals surface area contributed by atoms with Gasteiger partial charge in [-0.2, -0.15) is 0 Å². The molecular weight excluding hydrogens is 552 g/mol. The van der Waals surface area contributed by atoms with Crippen LogP contribution in [-0.4, -0.2) is 62.1 Å². The van der Waals surface area contributed by atoms with Crippen molar-refractivity contribution in [1.29, 1.82) is 0 Å². The van der Waals surface area contributed by atoms with Gasteiger partial charge in [0, 0.05) is 18.9 Å². The summed E-state index contributed by atoms with van der Waals surface area (Å²) in [6.07, 6.45) is 6.09.